The maximum absolute atomic E-state index is 6.89. The van der Waals surface area contributed by atoms with Crippen molar-refractivity contribution in [3.05, 3.63) is 118 Å². The molecule has 0 aliphatic rings. The molecule has 3 heteroatoms. The fraction of sp³-hybridized carbons (Fsp3) is 0.400. The van der Waals surface area contributed by atoms with Gasteiger partial charge in [-0.25, -0.2) is 0 Å². The Kier molecular flexibility index (Phi) is 10.8. The zero-order valence-corrected chi connectivity index (χ0v) is 28.8. The van der Waals surface area contributed by atoms with Crippen molar-refractivity contribution in [2.75, 3.05) is 6.16 Å². The Hall–Kier alpha value is -3.09. The Morgan fingerprint density at radius 2 is 0.977 bits per heavy atom. The molecule has 0 unspecified atom stereocenters. The van der Waals surface area contributed by atoms with Crippen molar-refractivity contribution in [3.63, 3.8) is 0 Å². The summed E-state index contributed by atoms with van der Waals surface area (Å²) in [4.78, 5) is 0. The average Bonchev–Trinajstić information content (AvgIpc) is 2.96. The lowest BCUT2D eigenvalue weighted by Gasteiger charge is -2.32. The smallest absolute Gasteiger partial charge is 0.131 e. The third-order valence-electron chi connectivity index (χ3n) is 7.81. The van der Waals surface area contributed by atoms with Crippen molar-refractivity contribution in [3.8, 4) is 11.5 Å². The van der Waals surface area contributed by atoms with E-state index >= 15 is 0 Å². The molecule has 0 amide bonds. The molecule has 0 heterocycles. The van der Waals surface area contributed by atoms with Crippen molar-refractivity contribution in [2.45, 2.75) is 99.2 Å². The van der Waals surface area contributed by atoms with E-state index in [0.717, 1.165) is 30.5 Å². The van der Waals surface area contributed by atoms with Crippen molar-refractivity contribution >= 4 is 18.5 Å². The summed E-state index contributed by atoms with van der Waals surface area (Å²) in [5, 5.41) is 2.67. The van der Waals surface area contributed by atoms with E-state index in [1.807, 2.05) is 0 Å². The van der Waals surface area contributed by atoms with Gasteiger partial charge in [0.25, 0.3) is 0 Å². The first-order chi connectivity index (χ1) is 20.4. The number of rotatable bonds is 11. The number of aryl methyl sites for hydroxylation is 2. The fourth-order valence-electron chi connectivity index (χ4n) is 5.47. The molecule has 228 valence electrons. The summed E-state index contributed by atoms with van der Waals surface area (Å²) >= 11 is 0. The van der Waals surface area contributed by atoms with Gasteiger partial charge in [-0.1, -0.05) is 128 Å². The van der Waals surface area contributed by atoms with E-state index in [9.17, 15) is 0 Å². The van der Waals surface area contributed by atoms with Gasteiger partial charge in [-0.15, -0.1) is 0 Å². The molecule has 0 radical (unpaired) electrons. The van der Waals surface area contributed by atoms with E-state index in [1.165, 1.54) is 44.0 Å². The van der Waals surface area contributed by atoms with Crippen molar-refractivity contribution in [1.82, 2.24) is 0 Å². The number of ether oxygens (including phenoxy) is 2. The van der Waals surface area contributed by atoms with Gasteiger partial charge in [0.15, 0.2) is 0 Å². The van der Waals surface area contributed by atoms with Gasteiger partial charge >= 0.3 is 0 Å². The van der Waals surface area contributed by atoms with Crippen molar-refractivity contribution < 1.29 is 9.47 Å². The molecule has 0 fully saturated rings. The highest BCUT2D eigenvalue weighted by Crippen LogP contribution is 2.47. The van der Waals surface area contributed by atoms with Crippen LogP contribution < -0.4 is 20.1 Å². The van der Waals surface area contributed by atoms with E-state index in [-0.39, 0.29) is 10.8 Å². The Bertz CT molecular complexity index is 1370. The van der Waals surface area contributed by atoms with Crippen LogP contribution in [0.5, 0.6) is 11.5 Å². The number of benzene rings is 4. The molecule has 4 rings (SSSR count). The van der Waals surface area contributed by atoms with Crippen molar-refractivity contribution in [2.24, 2.45) is 0 Å². The van der Waals surface area contributed by atoms with Gasteiger partial charge in [-0.3, -0.25) is 0 Å². The van der Waals surface area contributed by atoms with E-state index in [1.54, 1.807) is 0 Å². The van der Waals surface area contributed by atoms with Crippen LogP contribution >= 0.6 is 7.92 Å². The highest BCUT2D eigenvalue weighted by Gasteiger charge is 2.31. The lowest BCUT2D eigenvalue weighted by atomic mass is 9.85. The monoisotopic (exact) mass is 594 g/mol. The molecule has 43 heavy (non-hydrogen) atoms. The van der Waals surface area contributed by atoms with Gasteiger partial charge < -0.3 is 9.47 Å². The lowest BCUT2D eigenvalue weighted by molar-refractivity contribution is 0.299. The second-order valence-electron chi connectivity index (χ2n) is 13.9. The molecule has 0 aromatic heterocycles. The van der Waals surface area contributed by atoms with Crippen LogP contribution in [0.15, 0.2) is 84.9 Å². The summed E-state index contributed by atoms with van der Waals surface area (Å²) in [5.41, 5.74) is 7.37. The number of hydrogen-bond donors (Lipinski definition) is 0. The third-order valence-corrected chi connectivity index (χ3v) is 10.4. The van der Waals surface area contributed by atoms with Crippen LogP contribution in [0.1, 0.15) is 94.7 Å². The van der Waals surface area contributed by atoms with Gasteiger partial charge in [0.2, 0.25) is 0 Å². The molecule has 0 aliphatic carbocycles. The summed E-state index contributed by atoms with van der Waals surface area (Å²) in [5.74, 6) is 2.11. The molecule has 0 bridgehead atoms. The first-order valence-electron chi connectivity index (χ1n) is 15.8. The second-order valence-corrected chi connectivity index (χ2v) is 16.1. The van der Waals surface area contributed by atoms with E-state index < -0.39 is 7.92 Å². The maximum Gasteiger partial charge on any atom is 0.131 e. The second kappa shape index (κ2) is 14.1. The molecule has 2 nitrogen and oxygen atoms in total. The van der Waals surface area contributed by atoms with Gasteiger partial charge in [-0.2, -0.15) is 0 Å². The van der Waals surface area contributed by atoms with E-state index in [4.69, 9.17) is 9.47 Å². The molecular weight excluding hydrogens is 543 g/mol. The zero-order chi connectivity index (χ0) is 31.2. The summed E-state index contributed by atoms with van der Waals surface area (Å²) in [6, 6.07) is 30.5. The predicted molar refractivity (Wildman–Crippen MR) is 187 cm³/mol. The summed E-state index contributed by atoms with van der Waals surface area (Å²) in [6.45, 7) is 21.7. The third kappa shape index (κ3) is 8.51. The SMILES string of the molecule is CCCCP(c1cc(C)cc(C(C)(C)C)c1OCc1ccccc1)c1cc(C)cc(C(C)(C)C)c1OCc1ccccc1. The average molecular weight is 595 g/mol. The summed E-state index contributed by atoms with van der Waals surface area (Å²) in [7, 11) is -0.768. The zero-order valence-electron chi connectivity index (χ0n) is 27.9. The lowest BCUT2D eigenvalue weighted by Crippen LogP contribution is -2.26. The minimum atomic E-state index is -0.768. The van der Waals surface area contributed by atoms with E-state index in [2.05, 4.69) is 147 Å². The van der Waals surface area contributed by atoms with Crippen molar-refractivity contribution in [1.29, 1.82) is 0 Å². The predicted octanol–water partition coefficient (Wildman–Crippen LogP) is 10.3. The quantitative estimate of drug-likeness (QED) is 0.161. The summed E-state index contributed by atoms with van der Waals surface area (Å²) in [6.07, 6.45) is 3.39. The minimum Gasteiger partial charge on any atom is -0.488 e. The topological polar surface area (TPSA) is 18.5 Å². The van der Waals surface area contributed by atoms with Gasteiger partial charge in [0.1, 0.15) is 24.7 Å². The van der Waals surface area contributed by atoms with Gasteiger partial charge in [0.05, 0.1) is 0 Å². The summed E-state index contributed by atoms with van der Waals surface area (Å²) < 4.78 is 13.8. The Morgan fingerprint density at radius 3 is 1.33 bits per heavy atom. The van der Waals surface area contributed by atoms with Crippen LogP contribution in [0, 0.1) is 13.8 Å². The largest absolute Gasteiger partial charge is 0.488 e. The Balaban J connectivity index is 1.94. The first kappa shape index (κ1) is 32.8. The first-order valence-corrected chi connectivity index (χ1v) is 17.3. The van der Waals surface area contributed by atoms with Crippen LogP contribution in [0.25, 0.3) is 0 Å². The number of unbranched alkanes of at least 4 members (excludes halogenated alkanes) is 1. The maximum atomic E-state index is 6.89. The fourth-order valence-corrected chi connectivity index (χ4v) is 8.43. The standard InChI is InChI=1S/C40H51O2P/c1-10-11-22-43(35-25-29(2)23-33(39(4,5)6)37(35)41-27-31-18-14-12-15-19-31)36-26-30(3)24-34(40(7,8)9)38(36)42-28-32-20-16-13-17-21-32/h12-21,23-26H,10-11,22,27-28H2,1-9H3. The molecule has 4 aromatic rings. The van der Waals surface area contributed by atoms with Crippen LogP contribution in [-0.4, -0.2) is 6.16 Å². The molecular formula is C40H51O2P. The minimum absolute atomic E-state index is 0.0611. The van der Waals surface area contributed by atoms with Crippen LogP contribution in [0.4, 0.5) is 0 Å². The molecule has 0 saturated heterocycles. The number of hydrogen-bond acceptors (Lipinski definition) is 2. The molecule has 0 N–H and O–H groups in total. The highest BCUT2D eigenvalue weighted by atomic mass is 31.1. The molecule has 0 spiro atoms. The van der Waals surface area contributed by atoms with Crippen LogP contribution in [0.2, 0.25) is 0 Å². The van der Waals surface area contributed by atoms with Crippen LogP contribution in [-0.2, 0) is 24.0 Å². The Morgan fingerprint density at radius 1 is 0.581 bits per heavy atom. The van der Waals surface area contributed by atoms with Crippen LogP contribution in [0.3, 0.4) is 0 Å². The molecule has 0 saturated carbocycles. The Labute approximate surface area is 262 Å². The molecule has 0 atom stereocenters. The van der Waals surface area contributed by atoms with Gasteiger partial charge in [-0.05, 0) is 79.6 Å². The molecule has 0 aliphatic heterocycles. The van der Waals surface area contributed by atoms with E-state index in [0.29, 0.717) is 13.2 Å². The molecule has 4 aromatic carbocycles. The normalized spacial score (nSPS) is 12.0. The van der Waals surface area contributed by atoms with Gasteiger partial charge in [0, 0.05) is 21.7 Å². The highest BCUT2D eigenvalue weighted by molar-refractivity contribution is 7.73.